The number of amides is 1. The molecule has 1 aromatic carbocycles. The summed E-state index contributed by atoms with van der Waals surface area (Å²) in [6.45, 7) is 7.03. The van der Waals surface area contributed by atoms with E-state index in [0.29, 0.717) is 30.3 Å². The number of oxazole rings is 1. The lowest BCUT2D eigenvalue weighted by molar-refractivity contribution is -0.127. The van der Waals surface area contributed by atoms with Crippen LogP contribution in [0.2, 0.25) is 0 Å². The molecular weight excluding hydrogens is 358 g/mol. The molecule has 0 N–H and O–H groups in total. The van der Waals surface area contributed by atoms with Gasteiger partial charge in [-0.05, 0) is 51.1 Å². The fourth-order valence-electron chi connectivity index (χ4n) is 3.61. The molecule has 1 aliphatic heterocycles. The maximum Gasteiger partial charge on any atom is 0.337 e. The highest BCUT2D eigenvalue weighted by atomic mass is 16.5. The number of likely N-dealkylation sites (tertiary alicyclic amines) is 1. The van der Waals surface area contributed by atoms with Crippen molar-refractivity contribution in [2.75, 3.05) is 33.8 Å². The van der Waals surface area contributed by atoms with Crippen molar-refractivity contribution in [2.24, 2.45) is 5.92 Å². The summed E-state index contributed by atoms with van der Waals surface area (Å²) >= 11 is 0. The number of esters is 1. The lowest BCUT2D eigenvalue weighted by atomic mass is 10.1. The van der Waals surface area contributed by atoms with Gasteiger partial charge in [0.05, 0.1) is 18.4 Å². The van der Waals surface area contributed by atoms with Crippen LogP contribution in [0.3, 0.4) is 0 Å². The molecule has 1 amide bonds. The lowest BCUT2D eigenvalue weighted by Crippen LogP contribution is -2.28. The standard InChI is InChI=1S/C21H27N3O4/c1-5-24-12-15(10-19(24)25)11-23(3)13-18-14(2)28-20(22-18)16-6-8-17(9-7-16)21(26)27-4/h6-9,15H,5,10-13H2,1-4H3/t15-/m1/s1. The zero-order valence-electron chi connectivity index (χ0n) is 16.9. The van der Waals surface area contributed by atoms with Crippen LogP contribution in [0.1, 0.15) is 35.2 Å². The van der Waals surface area contributed by atoms with Gasteiger partial charge in [-0.1, -0.05) is 0 Å². The van der Waals surface area contributed by atoms with Gasteiger partial charge >= 0.3 is 5.97 Å². The first-order chi connectivity index (χ1) is 13.4. The number of nitrogens with zero attached hydrogens (tertiary/aromatic N) is 3. The van der Waals surface area contributed by atoms with Crippen LogP contribution in [0.25, 0.3) is 11.5 Å². The molecule has 150 valence electrons. The Morgan fingerprint density at radius 1 is 1.36 bits per heavy atom. The van der Waals surface area contributed by atoms with Gasteiger partial charge in [0, 0.05) is 38.2 Å². The topological polar surface area (TPSA) is 75.9 Å². The number of hydrogen-bond donors (Lipinski definition) is 0. The van der Waals surface area contributed by atoms with Crippen LogP contribution in [-0.2, 0) is 16.1 Å². The Labute approximate surface area is 165 Å². The quantitative estimate of drug-likeness (QED) is 0.682. The Hall–Kier alpha value is -2.67. The minimum absolute atomic E-state index is 0.246. The van der Waals surface area contributed by atoms with Crippen molar-refractivity contribution >= 4 is 11.9 Å². The van der Waals surface area contributed by atoms with Crippen LogP contribution in [0.15, 0.2) is 28.7 Å². The summed E-state index contributed by atoms with van der Waals surface area (Å²) in [6, 6.07) is 7.00. The van der Waals surface area contributed by atoms with Crippen molar-refractivity contribution in [1.29, 1.82) is 0 Å². The van der Waals surface area contributed by atoms with Crippen LogP contribution in [0, 0.1) is 12.8 Å². The number of methoxy groups -OCH3 is 1. The maximum absolute atomic E-state index is 11.9. The number of ether oxygens (including phenoxy) is 1. The van der Waals surface area contributed by atoms with Gasteiger partial charge in [0.25, 0.3) is 0 Å². The number of hydrogen-bond acceptors (Lipinski definition) is 6. The molecule has 0 bridgehead atoms. The molecule has 0 radical (unpaired) electrons. The van der Waals surface area contributed by atoms with Gasteiger partial charge < -0.3 is 19.0 Å². The van der Waals surface area contributed by atoms with E-state index in [9.17, 15) is 9.59 Å². The van der Waals surface area contributed by atoms with E-state index in [1.807, 2.05) is 25.8 Å². The minimum atomic E-state index is -0.371. The molecule has 7 nitrogen and oxygen atoms in total. The first kappa shape index (κ1) is 20.1. The van der Waals surface area contributed by atoms with E-state index in [-0.39, 0.29) is 11.9 Å². The van der Waals surface area contributed by atoms with Crippen LogP contribution < -0.4 is 0 Å². The Balaban J connectivity index is 1.64. The lowest BCUT2D eigenvalue weighted by Gasteiger charge is -2.20. The highest BCUT2D eigenvalue weighted by Crippen LogP contribution is 2.24. The Morgan fingerprint density at radius 3 is 2.68 bits per heavy atom. The Morgan fingerprint density at radius 2 is 2.07 bits per heavy atom. The third-order valence-electron chi connectivity index (χ3n) is 5.11. The highest BCUT2D eigenvalue weighted by Gasteiger charge is 2.29. The van der Waals surface area contributed by atoms with Crippen LogP contribution in [0.4, 0.5) is 0 Å². The average molecular weight is 385 g/mol. The largest absolute Gasteiger partial charge is 0.465 e. The van der Waals surface area contributed by atoms with Crippen molar-refractivity contribution < 1.29 is 18.7 Å². The van der Waals surface area contributed by atoms with Gasteiger partial charge in [-0.3, -0.25) is 4.79 Å². The smallest absolute Gasteiger partial charge is 0.337 e. The van der Waals surface area contributed by atoms with Gasteiger partial charge in [0.2, 0.25) is 11.8 Å². The third-order valence-corrected chi connectivity index (χ3v) is 5.11. The number of carbonyl (C=O) groups is 2. The predicted octanol–water partition coefficient (Wildman–Crippen LogP) is 2.74. The molecule has 0 unspecified atom stereocenters. The SMILES string of the molecule is CCN1C[C@@H](CN(C)Cc2nc(-c3ccc(C(=O)OC)cc3)oc2C)CC1=O. The van der Waals surface area contributed by atoms with Crippen molar-refractivity contribution in [3.05, 3.63) is 41.3 Å². The highest BCUT2D eigenvalue weighted by molar-refractivity contribution is 5.89. The number of carbonyl (C=O) groups excluding carboxylic acids is 2. The van der Waals surface area contributed by atoms with E-state index >= 15 is 0 Å². The molecule has 1 fully saturated rings. The third kappa shape index (κ3) is 4.42. The van der Waals surface area contributed by atoms with Crippen molar-refractivity contribution in [1.82, 2.24) is 14.8 Å². The van der Waals surface area contributed by atoms with E-state index in [1.54, 1.807) is 24.3 Å². The fourth-order valence-corrected chi connectivity index (χ4v) is 3.61. The molecule has 1 aliphatic rings. The molecule has 2 heterocycles. The summed E-state index contributed by atoms with van der Waals surface area (Å²) in [5.74, 6) is 1.54. The molecular formula is C21H27N3O4. The molecule has 0 saturated carbocycles. The normalized spacial score (nSPS) is 16.8. The van der Waals surface area contributed by atoms with E-state index in [1.165, 1.54) is 7.11 Å². The summed E-state index contributed by atoms with van der Waals surface area (Å²) in [5.41, 5.74) is 2.18. The van der Waals surface area contributed by atoms with Crippen molar-refractivity contribution in [3.63, 3.8) is 0 Å². The zero-order chi connectivity index (χ0) is 20.3. The summed E-state index contributed by atoms with van der Waals surface area (Å²) in [4.78, 5) is 32.2. The molecule has 7 heteroatoms. The number of benzene rings is 1. The van der Waals surface area contributed by atoms with Gasteiger partial charge in [0.15, 0.2) is 0 Å². The predicted molar refractivity (Wildman–Crippen MR) is 105 cm³/mol. The summed E-state index contributed by atoms with van der Waals surface area (Å²) in [5, 5.41) is 0. The number of aromatic nitrogens is 1. The molecule has 1 atom stereocenters. The van der Waals surface area contributed by atoms with E-state index in [4.69, 9.17) is 9.15 Å². The van der Waals surface area contributed by atoms with Crippen molar-refractivity contribution in [2.45, 2.75) is 26.8 Å². The summed E-state index contributed by atoms with van der Waals surface area (Å²) < 4.78 is 10.5. The molecule has 2 aromatic rings. The van der Waals surface area contributed by atoms with Crippen LogP contribution in [-0.4, -0.2) is 60.5 Å². The molecule has 3 rings (SSSR count). The van der Waals surface area contributed by atoms with E-state index < -0.39 is 0 Å². The molecule has 28 heavy (non-hydrogen) atoms. The van der Waals surface area contributed by atoms with Crippen LogP contribution in [0.5, 0.6) is 0 Å². The first-order valence-corrected chi connectivity index (χ1v) is 9.52. The second-order valence-electron chi connectivity index (χ2n) is 7.29. The Kier molecular flexibility index (Phi) is 6.14. The zero-order valence-corrected chi connectivity index (χ0v) is 16.9. The Bertz CT molecular complexity index is 844. The fraction of sp³-hybridized carbons (Fsp3) is 0.476. The average Bonchev–Trinajstić information content (AvgIpc) is 3.23. The minimum Gasteiger partial charge on any atom is -0.465 e. The number of rotatable bonds is 7. The first-order valence-electron chi connectivity index (χ1n) is 9.52. The van der Waals surface area contributed by atoms with Gasteiger partial charge in [-0.15, -0.1) is 0 Å². The summed E-state index contributed by atoms with van der Waals surface area (Å²) in [6.07, 6.45) is 0.619. The van der Waals surface area contributed by atoms with Gasteiger partial charge in [-0.25, -0.2) is 9.78 Å². The maximum atomic E-state index is 11.9. The second kappa shape index (κ2) is 8.56. The number of aryl methyl sites for hydroxylation is 1. The molecule has 1 saturated heterocycles. The van der Waals surface area contributed by atoms with E-state index in [0.717, 1.165) is 36.7 Å². The van der Waals surface area contributed by atoms with Crippen molar-refractivity contribution in [3.8, 4) is 11.5 Å². The molecule has 0 spiro atoms. The van der Waals surface area contributed by atoms with Gasteiger partial charge in [-0.2, -0.15) is 0 Å². The van der Waals surface area contributed by atoms with E-state index in [2.05, 4.69) is 9.88 Å². The van der Waals surface area contributed by atoms with Gasteiger partial charge in [0.1, 0.15) is 5.76 Å². The second-order valence-corrected chi connectivity index (χ2v) is 7.29. The molecule has 1 aromatic heterocycles. The summed E-state index contributed by atoms with van der Waals surface area (Å²) in [7, 11) is 3.40. The monoisotopic (exact) mass is 385 g/mol. The van der Waals surface area contributed by atoms with Crippen LogP contribution >= 0.6 is 0 Å². The molecule has 0 aliphatic carbocycles.